The molecule has 5 rings (SSSR count). The number of nitrogens with two attached hydrogens (primary N) is 1. The molecule has 0 fully saturated rings. The number of halogens is 1. The minimum Gasteiger partial charge on any atom is -0.497 e. The van der Waals surface area contributed by atoms with Gasteiger partial charge in [-0.2, -0.15) is 5.26 Å². The zero-order valence-corrected chi connectivity index (χ0v) is 17.2. The molecule has 162 valence electrons. The summed E-state index contributed by atoms with van der Waals surface area (Å²) < 4.78 is 31.7. The van der Waals surface area contributed by atoms with Gasteiger partial charge in [0.1, 0.15) is 35.1 Å². The van der Waals surface area contributed by atoms with Crippen molar-refractivity contribution >= 4 is 11.0 Å². The van der Waals surface area contributed by atoms with Crippen LogP contribution in [-0.2, 0) is 0 Å². The third kappa shape index (κ3) is 3.25. The second-order valence-electron chi connectivity index (χ2n) is 7.28. The minimum absolute atomic E-state index is 0.00638. The van der Waals surface area contributed by atoms with Crippen LogP contribution >= 0.6 is 0 Å². The van der Waals surface area contributed by atoms with Crippen LogP contribution in [0.15, 0.2) is 75.8 Å². The van der Waals surface area contributed by atoms with Crippen molar-refractivity contribution in [3.05, 3.63) is 93.9 Å². The monoisotopic (exact) mass is 442 g/mol. The molecule has 0 radical (unpaired) electrons. The van der Waals surface area contributed by atoms with E-state index in [0.717, 1.165) is 0 Å². The molecule has 3 heterocycles. The maximum atomic E-state index is 15.4. The lowest BCUT2D eigenvalue weighted by atomic mass is 9.83. The number of aromatic nitrogens is 2. The van der Waals surface area contributed by atoms with Crippen LogP contribution in [0.3, 0.4) is 0 Å². The van der Waals surface area contributed by atoms with Crippen molar-refractivity contribution in [1.29, 1.82) is 5.26 Å². The lowest BCUT2D eigenvalue weighted by Crippen LogP contribution is -2.26. The van der Waals surface area contributed by atoms with E-state index >= 15 is 4.39 Å². The van der Waals surface area contributed by atoms with Crippen LogP contribution in [0.4, 0.5) is 4.39 Å². The Bertz CT molecular complexity index is 1540. The van der Waals surface area contributed by atoms with Crippen molar-refractivity contribution < 1.29 is 18.3 Å². The highest BCUT2D eigenvalue weighted by Gasteiger charge is 2.37. The van der Waals surface area contributed by atoms with Gasteiger partial charge in [0.25, 0.3) is 0 Å². The molecule has 0 bridgehead atoms. The maximum absolute atomic E-state index is 15.4. The molecule has 0 aliphatic carbocycles. The minimum atomic E-state index is -1.11. The van der Waals surface area contributed by atoms with Gasteiger partial charge in [-0.15, -0.1) is 0 Å². The van der Waals surface area contributed by atoms with Gasteiger partial charge >= 0.3 is 5.63 Å². The highest BCUT2D eigenvalue weighted by atomic mass is 19.1. The van der Waals surface area contributed by atoms with Crippen molar-refractivity contribution in [2.45, 2.75) is 5.92 Å². The molecule has 1 aliphatic rings. The van der Waals surface area contributed by atoms with Gasteiger partial charge in [-0.05, 0) is 23.8 Å². The average Bonchev–Trinajstić information content (AvgIpc) is 2.83. The van der Waals surface area contributed by atoms with E-state index in [9.17, 15) is 10.1 Å². The quantitative estimate of drug-likeness (QED) is 0.477. The average molecular weight is 442 g/mol. The predicted molar refractivity (Wildman–Crippen MR) is 116 cm³/mol. The number of benzene rings is 2. The number of fused-ring (bicyclic) bond motifs is 3. The van der Waals surface area contributed by atoms with E-state index in [1.165, 1.54) is 31.6 Å². The third-order valence-electron chi connectivity index (χ3n) is 5.48. The summed E-state index contributed by atoms with van der Waals surface area (Å²) in [5, 5.41) is 10.2. The fourth-order valence-electron chi connectivity index (χ4n) is 3.92. The molecular formula is C24H15FN4O4. The molecule has 0 spiro atoms. The second kappa shape index (κ2) is 7.76. The summed E-state index contributed by atoms with van der Waals surface area (Å²) in [4.78, 5) is 20.9. The molecular weight excluding hydrogens is 427 g/mol. The summed E-state index contributed by atoms with van der Waals surface area (Å²) >= 11 is 0. The van der Waals surface area contributed by atoms with Gasteiger partial charge in [-0.3, -0.25) is 0 Å². The van der Waals surface area contributed by atoms with Crippen LogP contribution in [0, 0.1) is 17.1 Å². The highest BCUT2D eigenvalue weighted by Crippen LogP contribution is 2.44. The van der Waals surface area contributed by atoms with Crippen molar-refractivity contribution in [3.63, 3.8) is 0 Å². The van der Waals surface area contributed by atoms with Gasteiger partial charge in [0.2, 0.25) is 5.88 Å². The van der Waals surface area contributed by atoms with Crippen LogP contribution in [0.1, 0.15) is 17.0 Å². The molecule has 2 N–H and O–H groups in total. The smallest absolute Gasteiger partial charge is 0.344 e. The van der Waals surface area contributed by atoms with Crippen LogP contribution in [-0.4, -0.2) is 17.1 Å². The summed E-state index contributed by atoms with van der Waals surface area (Å²) in [5.74, 6) is -1.36. The van der Waals surface area contributed by atoms with Crippen LogP contribution < -0.4 is 20.8 Å². The zero-order chi connectivity index (χ0) is 23.1. The highest BCUT2D eigenvalue weighted by molar-refractivity contribution is 5.87. The second-order valence-corrected chi connectivity index (χ2v) is 7.28. The molecule has 0 saturated heterocycles. The standard InChI is InChI=1S/C24H15FN4O4/c1-31-14-3-5-16-19(7-14)32-24(30)21-20(17(8-26)23(27)33-22(16)21)15-4-2-12(6-18(15)25)13-9-28-11-29-10-13/h2-7,9-11,20H,27H2,1H3. The van der Waals surface area contributed by atoms with E-state index in [1.54, 1.807) is 30.6 Å². The van der Waals surface area contributed by atoms with Gasteiger partial charge in [0, 0.05) is 29.6 Å². The van der Waals surface area contributed by atoms with Crippen LogP contribution in [0.5, 0.6) is 11.5 Å². The fraction of sp³-hybridized carbons (Fsp3) is 0.0833. The summed E-state index contributed by atoms with van der Waals surface area (Å²) in [6, 6.07) is 11.2. The summed E-state index contributed by atoms with van der Waals surface area (Å²) in [6.45, 7) is 0. The van der Waals surface area contributed by atoms with E-state index < -0.39 is 17.4 Å². The van der Waals surface area contributed by atoms with Gasteiger partial charge in [0.15, 0.2) is 5.75 Å². The Morgan fingerprint density at radius 1 is 1.15 bits per heavy atom. The van der Waals surface area contributed by atoms with E-state index in [-0.39, 0.29) is 33.9 Å². The number of allylic oxidation sites excluding steroid dienone is 1. The molecule has 4 aromatic rings. The number of nitriles is 1. The van der Waals surface area contributed by atoms with Crippen molar-refractivity contribution in [3.8, 4) is 28.7 Å². The Balaban J connectivity index is 1.74. The molecule has 33 heavy (non-hydrogen) atoms. The van der Waals surface area contributed by atoms with Crippen molar-refractivity contribution in [2.75, 3.05) is 7.11 Å². The predicted octanol–water partition coefficient (Wildman–Crippen LogP) is 3.62. The fourth-order valence-corrected chi connectivity index (χ4v) is 3.92. The normalized spacial score (nSPS) is 15.0. The van der Waals surface area contributed by atoms with Crippen molar-refractivity contribution in [2.24, 2.45) is 5.73 Å². The van der Waals surface area contributed by atoms with E-state index in [2.05, 4.69) is 9.97 Å². The van der Waals surface area contributed by atoms with Gasteiger partial charge < -0.3 is 19.6 Å². The molecule has 1 atom stereocenters. The Morgan fingerprint density at radius 2 is 1.94 bits per heavy atom. The SMILES string of the molecule is COc1ccc2c3c(c(=O)oc2c1)C(c1ccc(-c2cncnc2)cc1F)C(C#N)=C(N)O3. The first kappa shape index (κ1) is 20.2. The topological polar surface area (TPSA) is 124 Å². The maximum Gasteiger partial charge on any atom is 0.344 e. The first-order valence-corrected chi connectivity index (χ1v) is 9.79. The first-order chi connectivity index (χ1) is 16.0. The number of rotatable bonds is 3. The number of hydrogen-bond donors (Lipinski definition) is 1. The summed E-state index contributed by atoms with van der Waals surface area (Å²) in [7, 11) is 1.48. The van der Waals surface area contributed by atoms with E-state index in [4.69, 9.17) is 19.6 Å². The molecule has 9 heteroatoms. The molecule has 1 unspecified atom stereocenters. The zero-order valence-electron chi connectivity index (χ0n) is 17.2. The van der Waals surface area contributed by atoms with Crippen molar-refractivity contribution in [1.82, 2.24) is 9.97 Å². The lowest BCUT2D eigenvalue weighted by molar-refractivity contribution is 0.386. The van der Waals surface area contributed by atoms with Gasteiger partial charge in [-0.25, -0.2) is 19.2 Å². The third-order valence-corrected chi connectivity index (χ3v) is 5.48. The van der Waals surface area contributed by atoms with E-state index in [0.29, 0.717) is 22.3 Å². The lowest BCUT2D eigenvalue weighted by Gasteiger charge is -2.26. The van der Waals surface area contributed by atoms with E-state index in [1.807, 2.05) is 6.07 Å². The summed E-state index contributed by atoms with van der Waals surface area (Å²) in [6.07, 6.45) is 4.48. The number of methoxy groups -OCH3 is 1. The molecule has 2 aromatic carbocycles. The number of nitrogens with zero attached hydrogens (tertiary/aromatic N) is 3. The molecule has 8 nitrogen and oxygen atoms in total. The molecule has 0 saturated carbocycles. The Labute approximate surface area is 186 Å². The first-order valence-electron chi connectivity index (χ1n) is 9.79. The summed E-state index contributed by atoms with van der Waals surface area (Å²) in [5.41, 5.74) is 6.63. The van der Waals surface area contributed by atoms with Crippen LogP contribution in [0.2, 0.25) is 0 Å². The molecule has 1 aliphatic heterocycles. The molecule has 2 aromatic heterocycles. The van der Waals surface area contributed by atoms with Gasteiger partial charge in [-0.1, -0.05) is 12.1 Å². The Morgan fingerprint density at radius 3 is 2.64 bits per heavy atom. The van der Waals surface area contributed by atoms with Crippen LogP contribution in [0.25, 0.3) is 22.1 Å². The van der Waals surface area contributed by atoms with Gasteiger partial charge in [0.05, 0.1) is 24.0 Å². The number of hydrogen-bond acceptors (Lipinski definition) is 8. The molecule has 0 amide bonds. The number of ether oxygens (including phenoxy) is 2. The largest absolute Gasteiger partial charge is 0.497 e. The Kier molecular flexibility index (Phi) is 4.75. The Hall–Kier alpha value is -4.71.